The monoisotopic (exact) mass is 408 g/mol. The van der Waals surface area contributed by atoms with E-state index in [1.807, 2.05) is 32.9 Å². The van der Waals surface area contributed by atoms with Gasteiger partial charge in [-0.2, -0.15) is 5.10 Å². The summed E-state index contributed by atoms with van der Waals surface area (Å²) in [6, 6.07) is 5.17. The molecule has 1 heterocycles. The highest BCUT2D eigenvalue weighted by atomic mass is 79.9. The Balaban J connectivity index is 2.20. The van der Waals surface area contributed by atoms with Crippen LogP contribution in [0.5, 0.6) is 11.5 Å². The number of nitrogens with zero attached hydrogens (tertiary/aromatic N) is 2. The van der Waals surface area contributed by atoms with E-state index in [0.29, 0.717) is 42.8 Å². The van der Waals surface area contributed by atoms with Crippen molar-refractivity contribution >= 4 is 28.1 Å². The zero-order valence-corrected chi connectivity index (χ0v) is 16.0. The first-order chi connectivity index (χ1) is 12.1. The molecule has 2 rings (SSSR count). The lowest BCUT2D eigenvalue weighted by Crippen LogP contribution is -2.11. The van der Waals surface area contributed by atoms with Crippen LogP contribution in [0.1, 0.15) is 32.0 Å². The smallest absolute Gasteiger partial charge is 0.252 e. The second-order valence-electron chi connectivity index (χ2n) is 5.00. The van der Waals surface area contributed by atoms with E-state index in [0.717, 1.165) is 10.0 Å². The predicted octanol–water partition coefficient (Wildman–Crippen LogP) is 3.34. The quantitative estimate of drug-likeness (QED) is 0.516. The third-order valence-electron chi connectivity index (χ3n) is 3.16. The second-order valence-corrected chi connectivity index (χ2v) is 5.86. The van der Waals surface area contributed by atoms with Crippen molar-refractivity contribution in [2.75, 3.05) is 18.6 Å². The maximum Gasteiger partial charge on any atom is 0.252 e. The van der Waals surface area contributed by atoms with Gasteiger partial charge in [0.25, 0.3) is 5.56 Å². The van der Waals surface area contributed by atoms with Gasteiger partial charge in [0.15, 0.2) is 11.5 Å². The minimum atomic E-state index is -0.216. The van der Waals surface area contributed by atoms with E-state index in [4.69, 9.17) is 9.47 Å². The third kappa shape index (κ3) is 5.32. The maximum absolute atomic E-state index is 11.5. The molecule has 25 heavy (non-hydrogen) atoms. The topological polar surface area (TPSA) is 88.6 Å². The lowest BCUT2D eigenvalue weighted by Gasteiger charge is -2.13. The normalized spacial score (nSPS) is 10.9. The number of halogens is 1. The molecular formula is C17H21BrN4O3. The highest BCUT2D eigenvalue weighted by Gasteiger charge is 2.11. The van der Waals surface area contributed by atoms with Crippen LogP contribution in [0.15, 0.2) is 32.6 Å². The SMILES string of the molecule is CCOc1cc(/C=N\Nc2nc(CC)cc(=O)[nH]2)cc(Br)c1OCC. The Labute approximate surface area is 154 Å². The van der Waals surface area contributed by atoms with Crippen molar-refractivity contribution in [1.29, 1.82) is 0 Å². The number of benzene rings is 1. The fourth-order valence-corrected chi connectivity index (χ4v) is 2.69. The molecule has 0 spiro atoms. The van der Waals surface area contributed by atoms with Crippen LogP contribution in [0.4, 0.5) is 5.95 Å². The van der Waals surface area contributed by atoms with Crippen molar-refractivity contribution in [1.82, 2.24) is 9.97 Å². The zero-order valence-electron chi connectivity index (χ0n) is 14.4. The Morgan fingerprint density at radius 1 is 1.24 bits per heavy atom. The van der Waals surface area contributed by atoms with Crippen LogP contribution in [-0.2, 0) is 6.42 Å². The van der Waals surface area contributed by atoms with Crippen molar-refractivity contribution in [3.63, 3.8) is 0 Å². The first-order valence-electron chi connectivity index (χ1n) is 8.05. The number of anilines is 1. The van der Waals surface area contributed by atoms with Crippen LogP contribution >= 0.6 is 15.9 Å². The number of hydrazone groups is 1. The number of hydrogen-bond acceptors (Lipinski definition) is 6. The summed E-state index contributed by atoms with van der Waals surface area (Å²) in [5, 5.41) is 4.12. The van der Waals surface area contributed by atoms with E-state index in [-0.39, 0.29) is 5.56 Å². The highest BCUT2D eigenvalue weighted by molar-refractivity contribution is 9.10. The summed E-state index contributed by atoms with van der Waals surface area (Å²) in [5.74, 6) is 1.60. The molecule has 0 saturated heterocycles. The number of hydrogen-bond donors (Lipinski definition) is 2. The molecule has 2 aromatic rings. The Hall–Kier alpha value is -2.35. The van der Waals surface area contributed by atoms with Crippen LogP contribution < -0.4 is 20.5 Å². The van der Waals surface area contributed by atoms with E-state index < -0.39 is 0 Å². The molecule has 0 aliphatic heterocycles. The van der Waals surface area contributed by atoms with Crippen LogP contribution in [0, 0.1) is 0 Å². The molecule has 0 radical (unpaired) electrons. The summed E-state index contributed by atoms with van der Waals surface area (Å²) >= 11 is 3.49. The van der Waals surface area contributed by atoms with Gasteiger partial charge < -0.3 is 9.47 Å². The number of aromatic nitrogens is 2. The third-order valence-corrected chi connectivity index (χ3v) is 3.75. The Bertz CT molecular complexity index is 805. The number of ether oxygens (including phenoxy) is 2. The van der Waals surface area contributed by atoms with Crippen molar-refractivity contribution in [2.45, 2.75) is 27.2 Å². The minimum absolute atomic E-state index is 0.216. The summed E-state index contributed by atoms with van der Waals surface area (Å²) in [7, 11) is 0. The van der Waals surface area contributed by atoms with Crippen molar-refractivity contribution < 1.29 is 9.47 Å². The second kappa shape index (κ2) is 9.22. The number of rotatable bonds is 8. The highest BCUT2D eigenvalue weighted by Crippen LogP contribution is 2.36. The van der Waals surface area contributed by atoms with Crippen LogP contribution in [0.25, 0.3) is 0 Å². The molecule has 1 aromatic carbocycles. The molecule has 134 valence electrons. The van der Waals surface area contributed by atoms with Crippen LogP contribution in [-0.4, -0.2) is 29.4 Å². The van der Waals surface area contributed by atoms with Crippen molar-refractivity contribution in [3.05, 3.63) is 44.3 Å². The summed E-state index contributed by atoms with van der Waals surface area (Å²) in [6.45, 7) is 6.83. The van der Waals surface area contributed by atoms with Gasteiger partial charge in [0, 0.05) is 11.8 Å². The molecule has 0 saturated carbocycles. The molecule has 0 atom stereocenters. The maximum atomic E-state index is 11.5. The number of aromatic amines is 1. The van der Waals surface area contributed by atoms with Gasteiger partial charge in [-0.3, -0.25) is 9.78 Å². The molecule has 0 aliphatic carbocycles. The van der Waals surface area contributed by atoms with E-state index >= 15 is 0 Å². The van der Waals surface area contributed by atoms with Gasteiger partial charge in [-0.25, -0.2) is 10.4 Å². The van der Waals surface area contributed by atoms with Gasteiger partial charge >= 0.3 is 0 Å². The first-order valence-corrected chi connectivity index (χ1v) is 8.85. The lowest BCUT2D eigenvalue weighted by molar-refractivity contribution is 0.286. The molecular weight excluding hydrogens is 388 g/mol. The van der Waals surface area contributed by atoms with Gasteiger partial charge in [-0.05, 0) is 53.9 Å². The zero-order chi connectivity index (χ0) is 18.2. The fraction of sp³-hybridized carbons (Fsp3) is 0.353. The van der Waals surface area contributed by atoms with Crippen LogP contribution in [0.3, 0.4) is 0 Å². The lowest BCUT2D eigenvalue weighted by atomic mass is 10.2. The van der Waals surface area contributed by atoms with Gasteiger partial charge in [0.1, 0.15) is 0 Å². The van der Waals surface area contributed by atoms with Gasteiger partial charge in [0.2, 0.25) is 5.95 Å². The molecule has 7 nitrogen and oxygen atoms in total. The molecule has 0 aliphatic rings. The molecule has 0 unspecified atom stereocenters. The summed E-state index contributed by atoms with van der Waals surface area (Å²) in [5.41, 5.74) is 4.02. The van der Waals surface area contributed by atoms with E-state index in [2.05, 4.69) is 36.4 Å². The molecule has 2 N–H and O–H groups in total. The fourth-order valence-electron chi connectivity index (χ4n) is 2.12. The average molecular weight is 409 g/mol. The molecule has 1 aromatic heterocycles. The Morgan fingerprint density at radius 2 is 2.00 bits per heavy atom. The van der Waals surface area contributed by atoms with Crippen molar-refractivity contribution in [2.24, 2.45) is 5.10 Å². The number of H-pyrrole nitrogens is 1. The van der Waals surface area contributed by atoms with Gasteiger partial charge in [-0.15, -0.1) is 0 Å². The van der Waals surface area contributed by atoms with Gasteiger partial charge in [-0.1, -0.05) is 6.92 Å². The number of nitrogens with one attached hydrogen (secondary N) is 2. The van der Waals surface area contributed by atoms with Crippen LogP contribution in [0.2, 0.25) is 0 Å². The standard InChI is InChI=1S/C17H21BrN4O3/c1-4-12-9-15(23)21-17(20-12)22-19-10-11-7-13(18)16(25-6-3)14(8-11)24-5-2/h7-10H,4-6H2,1-3H3,(H2,20,21,22,23)/b19-10-. The van der Waals surface area contributed by atoms with E-state index in [9.17, 15) is 4.79 Å². The molecule has 8 heteroatoms. The molecule has 0 amide bonds. The van der Waals surface area contributed by atoms with E-state index in [1.54, 1.807) is 6.21 Å². The largest absolute Gasteiger partial charge is 0.490 e. The Kier molecular flexibility index (Phi) is 7.00. The predicted molar refractivity (Wildman–Crippen MR) is 102 cm³/mol. The van der Waals surface area contributed by atoms with Gasteiger partial charge in [0.05, 0.1) is 23.9 Å². The average Bonchev–Trinajstić information content (AvgIpc) is 2.57. The first kappa shape index (κ1) is 19.0. The summed E-state index contributed by atoms with van der Waals surface area (Å²) in [4.78, 5) is 18.4. The summed E-state index contributed by atoms with van der Waals surface area (Å²) in [6.07, 6.45) is 2.29. The van der Waals surface area contributed by atoms with E-state index in [1.165, 1.54) is 6.07 Å². The molecule has 0 fully saturated rings. The minimum Gasteiger partial charge on any atom is -0.490 e. The molecule has 0 bridgehead atoms. The summed E-state index contributed by atoms with van der Waals surface area (Å²) < 4.78 is 12.0. The Morgan fingerprint density at radius 3 is 2.68 bits per heavy atom. The number of aryl methyl sites for hydroxylation is 1. The van der Waals surface area contributed by atoms with Crippen molar-refractivity contribution in [3.8, 4) is 11.5 Å².